The van der Waals surface area contributed by atoms with Gasteiger partial charge in [-0.1, -0.05) is 30.3 Å². The van der Waals surface area contributed by atoms with Crippen molar-refractivity contribution in [2.45, 2.75) is 19.5 Å². The predicted octanol–water partition coefficient (Wildman–Crippen LogP) is 3.18. The number of aromatic nitrogens is 3. The Balaban J connectivity index is 1.29. The quantitative estimate of drug-likeness (QED) is 0.470. The molecule has 4 aromatic rings. The van der Waals surface area contributed by atoms with Gasteiger partial charge in [-0.25, -0.2) is 9.67 Å². The lowest BCUT2D eigenvalue weighted by atomic mass is 10.1. The molecule has 170 valence electrons. The summed E-state index contributed by atoms with van der Waals surface area (Å²) in [5.74, 6) is 1.55. The molecule has 3 aromatic heterocycles. The van der Waals surface area contributed by atoms with E-state index in [2.05, 4.69) is 32.4 Å². The summed E-state index contributed by atoms with van der Waals surface area (Å²) >= 11 is 0. The smallest absolute Gasteiger partial charge is 0.252 e. The molecule has 5 rings (SSSR count). The van der Waals surface area contributed by atoms with Gasteiger partial charge in [0, 0.05) is 31.2 Å². The minimum atomic E-state index is -0.165. The number of nitrogens with zero attached hydrogens (tertiary/aromatic N) is 4. The molecule has 1 aromatic carbocycles. The van der Waals surface area contributed by atoms with Crippen LogP contribution in [0.15, 0.2) is 65.3 Å². The first-order valence-electron chi connectivity index (χ1n) is 11.2. The van der Waals surface area contributed by atoms with Gasteiger partial charge in [-0.3, -0.25) is 9.69 Å². The standard InChI is InChI=1S/C25H27N5O3/c1-18-7-8-23(33-18)22(29-9-11-32-12-10-29)16-27-25(31)21-13-20-15-28-30(24(20)26-14-21)17-19-5-3-2-4-6-19/h2-8,13-15,22H,9-12,16-17H2,1H3,(H,27,31)/t22-/m0/s1. The Labute approximate surface area is 192 Å². The van der Waals surface area contributed by atoms with Crippen molar-refractivity contribution in [1.29, 1.82) is 0 Å². The molecule has 0 radical (unpaired) electrons. The summed E-state index contributed by atoms with van der Waals surface area (Å²) in [6.45, 7) is 5.96. The fourth-order valence-electron chi connectivity index (χ4n) is 4.19. The van der Waals surface area contributed by atoms with Gasteiger partial charge in [0.15, 0.2) is 5.65 Å². The molecule has 8 heteroatoms. The molecule has 0 spiro atoms. The molecule has 1 atom stereocenters. The Morgan fingerprint density at radius 2 is 1.94 bits per heavy atom. The van der Waals surface area contributed by atoms with Crippen molar-refractivity contribution in [3.05, 3.63) is 83.6 Å². The van der Waals surface area contributed by atoms with Gasteiger partial charge in [0.2, 0.25) is 0 Å². The second-order valence-electron chi connectivity index (χ2n) is 8.25. The van der Waals surface area contributed by atoms with E-state index in [9.17, 15) is 4.79 Å². The number of furan rings is 1. The highest BCUT2D eigenvalue weighted by molar-refractivity contribution is 5.96. The molecule has 8 nitrogen and oxygen atoms in total. The summed E-state index contributed by atoms with van der Waals surface area (Å²) in [4.78, 5) is 19.8. The van der Waals surface area contributed by atoms with Gasteiger partial charge in [-0.2, -0.15) is 5.10 Å². The van der Waals surface area contributed by atoms with Crippen LogP contribution >= 0.6 is 0 Å². The van der Waals surface area contributed by atoms with Crippen LogP contribution in [0.1, 0.15) is 33.5 Å². The summed E-state index contributed by atoms with van der Waals surface area (Å²) < 4.78 is 13.2. The first-order chi connectivity index (χ1) is 16.2. The van der Waals surface area contributed by atoms with Crippen molar-refractivity contribution in [2.75, 3.05) is 32.8 Å². The summed E-state index contributed by atoms with van der Waals surface area (Å²) in [5, 5.41) is 8.36. The summed E-state index contributed by atoms with van der Waals surface area (Å²) in [7, 11) is 0. The number of ether oxygens (including phenoxy) is 1. The average molecular weight is 446 g/mol. The first kappa shape index (κ1) is 21.4. The molecule has 0 unspecified atom stereocenters. The molecular weight excluding hydrogens is 418 g/mol. The van der Waals surface area contributed by atoms with E-state index in [1.807, 2.05) is 48.0 Å². The molecule has 1 amide bonds. The molecule has 1 saturated heterocycles. The molecule has 0 bridgehead atoms. The largest absolute Gasteiger partial charge is 0.465 e. The normalized spacial score (nSPS) is 15.5. The van der Waals surface area contributed by atoms with Crippen molar-refractivity contribution < 1.29 is 13.9 Å². The minimum absolute atomic E-state index is 0.0446. The van der Waals surface area contributed by atoms with Crippen LogP contribution in [0.3, 0.4) is 0 Å². The third-order valence-electron chi connectivity index (χ3n) is 5.95. The van der Waals surface area contributed by atoms with Gasteiger partial charge in [0.1, 0.15) is 11.5 Å². The van der Waals surface area contributed by atoms with Crippen LogP contribution in [0.5, 0.6) is 0 Å². The molecule has 0 saturated carbocycles. The van der Waals surface area contributed by atoms with Crippen molar-refractivity contribution in [3.63, 3.8) is 0 Å². The van der Waals surface area contributed by atoms with Gasteiger partial charge in [0.25, 0.3) is 5.91 Å². The van der Waals surface area contributed by atoms with E-state index in [1.165, 1.54) is 0 Å². The highest BCUT2D eigenvalue weighted by atomic mass is 16.5. The van der Waals surface area contributed by atoms with Crippen molar-refractivity contribution in [1.82, 2.24) is 25.0 Å². The van der Waals surface area contributed by atoms with Crippen LogP contribution in [0.25, 0.3) is 11.0 Å². The van der Waals surface area contributed by atoms with Crippen LogP contribution in [-0.2, 0) is 11.3 Å². The van der Waals surface area contributed by atoms with Crippen molar-refractivity contribution in [2.24, 2.45) is 0 Å². The van der Waals surface area contributed by atoms with E-state index in [1.54, 1.807) is 12.4 Å². The maximum atomic E-state index is 13.0. The number of hydrogen-bond donors (Lipinski definition) is 1. The number of morpholine rings is 1. The molecule has 33 heavy (non-hydrogen) atoms. The number of nitrogens with one attached hydrogen (secondary N) is 1. The minimum Gasteiger partial charge on any atom is -0.465 e. The zero-order valence-electron chi connectivity index (χ0n) is 18.6. The molecule has 0 aliphatic carbocycles. The van der Waals surface area contributed by atoms with E-state index >= 15 is 0 Å². The highest BCUT2D eigenvalue weighted by Gasteiger charge is 2.26. The van der Waals surface area contributed by atoms with Gasteiger partial charge in [0.05, 0.1) is 37.6 Å². The van der Waals surface area contributed by atoms with E-state index in [4.69, 9.17) is 9.15 Å². The summed E-state index contributed by atoms with van der Waals surface area (Å²) in [6.07, 6.45) is 3.37. The highest BCUT2D eigenvalue weighted by Crippen LogP contribution is 2.23. The number of pyridine rings is 1. The number of carbonyl (C=O) groups excluding carboxylic acids is 1. The lowest BCUT2D eigenvalue weighted by molar-refractivity contribution is 0.0117. The zero-order chi connectivity index (χ0) is 22.6. The summed E-state index contributed by atoms with van der Waals surface area (Å²) in [6, 6.07) is 15.8. The second-order valence-corrected chi connectivity index (χ2v) is 8.25. The topological polar surface area (TPSA) is 85.4 Å². The van der Waals surface area contributed by atoms with Gasteiger partial charge >= 0.3 is 0 Å². The molecule has 4 heterocycles. The Morgan fingerprint density at radius 1 is 1.12 bits per heavy atom. The number of fused-ring (bicyclic) bond motifs is 1. The molecule has 1 aliphatic rings. The van der Waals surface area contributed by atoms with E-state index in [0.717, 1.165) is 41.2 Å². The maximum absolute atomic E-state index is 13.0. The third kappa shape index (κ3) is 4.81. The van der Waals surface area contributed by atoms with Crippen LogP contribution in [0, 0.1) is 6.92 Å². The second kappa shape index (κ2) is 9.56. The molecule has 1 N–H and O–H groups in total. The monoisotopic (exact) mass is 445 g/mol. The van der Waals surface area contributed by atoms with Crippen molar-refractivity contribution in [3.8, 4) is 0 Å². The lowest BCUT2D eigenvalue weighted by Gasteiger charge is -2.33. The predicted molar refractivity (Wildman–Crippen MR) is 124 cm³/mol. The Bertz CT molecular complexity index is 1230. The number of amides is 1. The van der Waals surface area contributed by atoms with E-state index < -0.39 is 0 Å². The fraction of sp³-hybridized carbons (Fsp3) is 0.320. The molecular formula is C25H27N5O3. The van der Waals surface area contributed by atoms with Crippen molar-refractivity contribution >= 4 is 16.9 Å². The van der Waals surface area contributed by atoms with Crippen LogP contribution in [0.4, 0.5) is 0 Å². The van der Waals surface area contributed by atoms with Crippen LogP contribution in [-0.4, -0.2) is 58.4 Å². The summed E-state index contributed by atoms with van der Waals surface area (Å²) in [5.41, 5.74) is 2.42. The Hall–Kier alpha value is -3.49. The average Bonchev–Trinajstić information content (AvgIpc) is 3.46. The van der Waals surface area contributed by atoms with Crippen LogP contribution < -0.4 is 5.32 Å². The lowest BCUT2D eigenvalue weighted by Crippen LogP contribution is -2.43. The van der Waals surface area contributed by atoms with E-state index in [-0.39, 0.29) is 11.9 Å². The Kier molecular flexibility index (Phi) is 6.19. The van der Waals surface area contributed by atoms with Gasteiger partial charge in [-0.15, -0.1) is 0 Å². The third-order valence-corrected chi connectivity index (χ3v) is 5.95. The number of aryl methyl sites for hydroxylation is 1. The number of carbonyl (C=O) groups is 1. The first-order valence-corrected chi connectivity index (χ1v) is 11.2. The van der Waals surface area contributed by atoms with Crippen LogP contribution in [0.2, 0.25) is 0 Å². The van der Waals surface area contributed by atoms with E-state index in [0.29, 0.717) is 31.9 Å². The number of hydrogen-bond acceptors (Lipinski definition) is 6. The fourth-order valence-corrected chi connectivity index (χ4v) is 4.19. The Morgan fingerprint density at radius 3 is 2.70 bits per heavy atom. The zero-order valence-corrected chi connectivity index (χ0v) is 18.6. The SMILES string of the molecule is Cc1ccc([C@H](CNC(=O)c2cnc3c(cnn3Cc3ccccc3)c2)N2CCOCC2)o1. The number of benzene rings is 1. The van der Waals surface area contributed by atoms with Gasteiger partial charge in [-0.05, 0) is 30.7 Å². The molecule has 1 fully saturated rings. The molecule has 1 aliphatic heterocycles. The van der Waals surface area contributed by atoms with Gasteiger partial charge < -0.3 is 14.5 Å². The number of rotatable bonds is 7. The maximum Gasteiger partial charge on any atom is 0.252 e.